The minimum atomic E-state index is -1.01. The van der Waals surface area contributed by atoms with Crippen molar-refractivity contribution in [2.45, 2.75) is 24.9 Å². The Morgan fingerprint density at radius 1 is 0.806 bits per heavy atom. The summed E-state index contributed by atoms with van der Waals surface area (Å²) in [6.45, 7) is 0. The molecule has 0 fully saturated rings. The summed E-state index contributed by atoms with van der Waals surface area (Å²) >= 11 is 0. The molecular formula is C27H24N4. The zero-order valence-corrected chi connectivity index (χ0v) is 17.2. The average Bonchev–Trinajstić information content (AvgIpc) is 3.27. The predicted octanol–water partition coefficient (Wildman–Crippen LogP) is 4.94. The van der Waals surface area contributed by atoms with Crippen molar-refractivity contribution in [1.29, 1.82) is 0 Å². The molecular weight excluding hydrogens is 380 g/mol. The van der Waals surface area contributed by atoms with Crippen molar-refractivity contribution >= 4 is 28.0 Å². The predicted molar refractivity (Wildman–Crippen MR) is 128 cm³/mol. The Morgan fingerprint density at radius 3 is 2.55 bits per heavy atom. The molecule has 1 unspecified atom stereocenters. The van der Waals surface area contributed by atoms with E-state index < -0.39 is 5.66 Å². The monoisotopic (exact) mass is 404 g/mol. The molecule has 6 rings (SSSR count). The van der Waals surface area contributed by atoms with Crippen LogP contribution in [-0.2, 0) is 18.5 Å². The van der Waals surface area contributed by atoms with Gasteiger partial charge >= 0.3 is 0 Å². The summed E-state index contributed by atoms with van der Waals surface area (Å²) in [4.78, 5) is 5.10. The van der Waals surface area contributed by atoms with Gasteiger partial charge in [0.15, 0.2) is 5.66 Å². The van der Waals surface area contributed by atoms with Crippen LogP contribution in [0.4, 0.5) is 11.4 Å². The van der Waals surface area contributed by atoms with Crippen LogP contribution in [0.5, 0.6) is 0 Å². The fourth-order valence-corrected chi connectivity index (χ4v) is 4.88. The molecule has 0 saturated heterocycles. The molecule has 4 heteroatoms. The number of nitrogens with zero attached hydrogens (tertiary/aromatic N) is 1. The van der Waals surface area contributed by atoms with Crippen molar-refractivity contribution in [3.63, 3.8) is 0 Å². The summed E-state index contributed by atoms with van der Waals surface area (Å²) in [5.41, 5.74) is 19.6. The lowest BCUT2D eigenvalue weighted by Crippen LogP contribution is -2.42. The fraction of sp³-hybridized carbons (Fsp3) is 0.148. The van der Waals surface area contributed by atoms with Crippen molar-refractivity contribution in [3.05, 3.63) is 107 Å². The molecule has 0 radical (unpaired) electrons. The van der Waals surface area contributed by atoms with Crippen LogP contribution in [0, 0.1) is 0 Å². The van der Waals surface area contributed by atoms with Crippen LogP contribution in [0.3, 0.4) is 0 Å². The smallest absolute Gasteiger partial charge is 0.164 e. The molecule has 4 aromatic carbocycles. The molecule has 1 heterocycles. The first kappa shape index (κ1) is 18.2. The lowest BCUT2D eigenvalue weighted by molar-refractivity contribution is 0.568. The number of amidine groups is 1. The van der Waals surface area contributed by atoms with Crippen molar-refractivity contribution in [2.24, 2.45) is 10.7 Å². The summed E-state index contributed by atoms with van der Waals surface area (Å²) < 4.78 is 0. The number of fused-ring (bicyclic) bond motifs is 3. The van der Waals surface area contributed by atoms with E-state index in [1.54, 1.807) is 0 Å². The normalized spacial score (nSPS) is 19.5. The van der Waals surface area contributed by atoms with Gasteiger partial charge in [0.2, 0.25) is 0 Å². The SMILES string of the molecule is Nc1ccc2c(c1)C(N)(c1ccc3c(c1)CCC3)N=C(c1ccc3ccccc3c1)N2. The Labute approximate surface area is 181 Å². The van der Waals surface area contributed by atoms with Gasteiger partial charge in [-0.25, -0.2) is 4.99 Å². The van der Waals surface area contributed by atoms with E-state index in [1.165, 1.54) is 28.3 Å². The van der Waals surface area contributed by atoms with Crippen LogP contribution in [0.1, 0.15) is 34.2 Å². The van der Waals surface area contributed by atoms with Crippen molar-refractivity contribution < 1.29 is 0 Å². The van der Waals surface area contributed by atoms with E-state index in [2.05, 4.69) is 66.0 Å². The molecule has 1 atom stereocenters. The lowest BCUT2D eigenvalue weighted by Gasteiger charge is -2.34. The van der Waals surface area contributed by atoms with E-state index in [0.717, 1.165) is 41.1 Å². The summed E-state index contributed by atoms with van der Waals surface area (Å²) in [6, 6.07) is 27.1. The van der Waals surface area contributed by atoms with Crippen LogP contribution in [0.25, 0.3) is 10.8 Å². The summed E-state index contributed by atoms with van der Waals surface area (Å²) in [5, 5.41) is 5.87. The number of rotatable bonds is 2. The van der Waals surface area contributed by atoms with E-state index in [-0.39, 0.29) is 0 Å². The first-order chi connectivity index (χ1) is 15.1. The van der Waals surface area contributed by atoms with Crippen molar-refractivity contribution in [1.82, 2.24) is 0 Å². The minimum absolute atomic E-state index is 0.681. The third-order valence-electron chi connectivity index (χ3n) is 6.56. The van der Waals surface area contributed by atoms with E-state index >= 15 is 0 Å². The molecule has 152 valence electrons. The number of anilines is 2. The van der Waals surface area contributed by atoms with Crippen LogP contribution in [-0.4, -0.2) is 5.84 Å². The molecule has 1 aliphatic heterocycles. The zero-order valence-electron chi connectivity index (χ0n) is 17.2. The average molecular weight is 405 g/mol. The highest BCUT2D eigenvalue weighted by atomic mass is 15.1. The number of benzene rings is 4. The summed E-state index contributed by atoms with van der Waals surface area (Å²) in [7, 11) is 0. The number of aryl methyl sites for hydroxylation is 2. The summed E-state index contributed by atoms with van der Waals surface area (Å²) in [5.74, 6) is 0.769. The maximum atomic E-state index is 7.11. The molecule has 31 heavy (non-hydrogen) atoms. The molecule has 0 bridgehead atoms. The maximum Gasteiger partial charge on any atom is 0.164 e. The van der Waals surface area contributed by atoms with Gasteiger partial charge in [-0.15, -0.1) is 0 Å². The maximum absolute atomic E-state index is 7.11. The Morgan fingerprint density at radius 2 is 1.65 bits per heavy atom. The van der Waals surface area contributed by atoms with E-state index in [1.807, 2.05) is 18.2 Å². The molecule has 1 aliphatic carbocycles. The molecule has 0 amide bonds. The highest BCUT2D eigenvalue weighted by Gasteiger charge is 2.36. The minimum Gasteiger partial charge on any atom is -0.399 e. The van der Waals surface area contributed by atoms with E-state index in [4.69, 9.17) is 16.5 Å². The molecule has 0 aromatic heterocycles. The van der Waals surface area contributed by atoms with Crippen molar-refractivity contribution in [3.8, 4) is 0 Å². The van der Waals surface area contributed by atoms with E-state index in [0.29, 0.717) is 5.69 Å². The lowest BCUT2D eigenvalue weighted by atomic mass is 9.87. The van der Waals surface area contributed by atoms with Gasteiger partial charge in [-0.3, -0.25) is 5.73 Å². The van der Waals surface area contributed by atoms with Gasteiger partial charge in [-0.05, 0) is 71.0 Å². The Kier molecular flexibility index (Phi) is 3.92. The third-order valence-corrected chi connectivity index (χ3v) is 6.56. The number of nitrogens with two attached hydrogens (primary N) is 2. The standard InChI is InChI=1S/C27H24N4/c28-23-12-13-25-24(16-23)27(29,22-11-10-18-6-3-7-20(18)15-22)31-26(30-25)21-9-8-17-4-1-2-5-19(17)14-21/h1-2,4-5,8-16H,3,6-7,28-29H2,(H,30,31). The Bertz CT molecular complexity index is 1370. The first-order valence-electron chi connectivity index (χ1n) is 10.8. The highest BCUT2D eigenvalue weighted by Crippen LogP contribution is 2.40. The second-order valence-corrected chi connectivity index (χ2v) is 8.56. The van der Waals surface area contributed by atoms with Gasteiger partial charge in [-0.1, -0.05) is 54.6 Å². The summed E-state index contributed by atoms with van der Waals surface area (Å²) in [6.07, 6.45) is 3.44. The highest BCUT2D eigenvalue weighted by molar-refractivity contribution is 6.12. The number of hydrogen-bond donors (Lipinski definition) is 3. The molecule has 2 aliphatic rings. The second-order valence-electron chi connectivity index (χ2n) is 8.56. The third kappa shape index (κ3) is 2.91. The fourth-order valence-electron chi connectivity index (χ4n) is 4.88. The largest absolute Gasteiger partial charge is 0.399 e. The number of aliphatic imine (C=N–C) groups is 1. The molecule has 0 saturated carbocycles. The first-order valence-corrected chi connectivity index (χ1v) is 10.8. The van der Waals surface area contributed by atoms with Gasteiger partial charge in [0.05, 0.1) is 0 Å². The molecule has 5 N–H and O–H groups in total. The number of nitrogen functional groups attached to an aromatic ring is 1. The number of nitrogens with one attached hydrogen (secondary N) is 1. The van der Waals surface area contributed by atoms with Crippen LogP contribution < -0.4 is 16.8 Å². The topological polar surface area (TPSA) is 76.4 Å². The number of hydrogen-bond acceptors (Lipinski definition) is 4. The van der Waals surface area contributed by atoms with Crippen LogP contribution >= 0.6 is 0 Å². The van der Waals surface area contributed by atoms with Crippen LogP contribution in [0.15, 0.2) is 83.9 Å². The second kappa shape index (κ2) is 6.69. The van der Waals surface area contributed by atoms with Gasteiger partial charge < -0.3 is 11.1 Å². The van der Waals surface area contributed by atoms with E-state index in [9.17, 15) is 0 Å². The quantitative estimate of drug-likeness (QED) is 0.414. The Balaban J connectivity index is 1.55. The van der Waals surface area contributed by atoms with Gasteiger partial charge in [-0.2, -0.15) is 0 Å². The van der Waals surface area contributed by atoms with Gasteiger partial charge in [0.25, 0.3) is 0 Å². The molecule has 0 spiro atoms. The zero-order chi connectivity index (χ0) is 21.0. The van der Waals surface area contributed by atoms with Crippen molar-refractivity contribution in [2.75, 3.05) is 11.1 Å². The molecule has 4 nitrogen and oxygen atoms in total. The van der Waals surface area contributed by atoms with Gasteiger partial charge in [0, 0.05) is 22.5 Å². The molecule has 4 aromatic rings. The Hall–Kier alpha value is -3.63. The van der Waals surface area contributed by atoms with Gasteiger partial charge in [0.1, 0.15) is 5.84 Å². The van der Waals surface area contributed by atoms with Crippen LogP contribution in [0.2, 0.25) is 0 Å².